The van der Waals surface area contributed by atoms with Crippen molar-refractivity contribution in [2.24, 2.45) is 5.41 Å². The molecule has 1 amide bonds. The fourth-order valence-corrected chi connectivity index (χ4v) is 9.49. The highest BCUT2D eigenvalue weighted by atomic mass is 19.1. The summed E-state index contributed by atoms with van der Waals surface area (Å²) in [7, 11) is 0. The summed E-state index contributed by atoms with van der Waals surface area (Å²) in [6.07, 6.45) is 8.03. The number of rotatable bonds is 12. The number of aliphatic hydroxyl groups excluding tert-OH is 1. The number of fused-ring (bicyclic) bond motifs is 7. The molecule has 300 valence electrons. The number of halogens is 1. The van der Waals surface area contributed by atoms with Crippen molar-refractivity contribution in [1.82, 2.24) is 39.8 Å². The van der Waals surface area contributed by atoms with Gasteiger partial charge in [-0.2, -0.15) is 0 Å². The summed E-state index contributed by atoms with van der Waals surface area (Å²) in [5.41, 5.74) is 5.05. The third-order valence-corrected chi connectivity index (χ3v) is 12.2. The van der Waals surface area contributed by atoms with Gasteiger partial charge in [-0.25, -0.2) is 23.8 Å². The number of carbonyl (C=O) groups excluding carboxylic acids is 1. The Bertz CT molecular complexity index is 2440. The van der Waals surface area contributed by atoms with E-state index >= 15 is 0 Å². The average molecular weight is 781 g/mol. The number of aliphatic hydroxyl groups is 1. The third-order valence-electron chi connectivity index (χ3n) is 12.2. The normalized spacial score (nSPS) is 23.5. The van der Waals surface area contributed by atoms with Crippen LogP contribution in [0.4, 0.5) is 4.39 Å². The number of hydrogen-bond acceptors (Lipinski definition) is 10. The first kappa shape index (κ1) is 38.6. The maximum Gasteiger partial charge on any atom is 0.330 e. The van der Waals surface area contributed by atoms with E-state index in [0.29, 0.717) is 48.2 Å². The van der Waals surface area contributed by atoms with Gasteiger partial charge in [0.05, 0.1) is 54.4 Å². The number of nitrogens with one attached hydrogen (secondary N) is 2. The van der Waals surface area contributed by atoms with Crippen molar-refractivity contribution < 1.29 is 23.8 Å². The molecule has 15 heteroatoms. The van der Waals surface area contributed by atoms with Crippen LogP contribution in [0.5, 0.6) is 5.75 Å². The van der Waals surface area contributed by atoms with Crippen molar-refractivity contribution in [1.29, 1.82) is 0 Å². The minimum absolute atomic E-state index is 0.0207. The van der Waals surface area contributed by atoms with Gasteiger partial charge in [-0.15, -0.1) is 5.10 Å². The minimum Gasteiger partial charge on any atom is -0.494 e. The predicted octanol–water partition coefficient (Wildman–Crippen LogP) is 5.53. The van der Waals surface area contributed by atoms with Crippen LogP contribution in [0.1, 0.15) is 113 Å². The lowest BCUT2D eigenvalue weighted by molar-refractivity contribution is -0.121. The lowest BCUT2D eigenvalue weighted by atomic mass is 9.50. The van der Waals surface area contributed by atoms with Gasteiger partial charge in [0.15, 0.2) is 0 Å². The molecule has 0 spiro atoms. The molecule has 1 saturated carbocycles. The number of aryl methyl sites for hydroxylation is 1. The molecule has 5 atom stereocenters. The van der Waals surface area contributed by atoms with E-state index in [0.717, 1.165) is 54.8 Å². The van der Waals surface area contributed by atoms with Crippen molar-refractivity contribution in [2.45, 2.75) is 115 Å². The van der Waals surface area contributed by atoms with E-state index in [1.165, 1.54) is 28.5 Å². The molecule has 0 radical (unpaired) electrons. The lowest BCUT2D eigenvalue weighted by Crippen LogP contribution is -2.46. The van der Waals surface area contributed by atoms with E-state index in [2.05, 4.69) is 53.5 Å². The molecule has 2 aliphatic carbocycles. The average Bonchev–Trinajstić information content (AvgIpc) is 3.83. The fourth-order valence-electron chi connectivity index (χ4n) is 9.49. The Morgan fingerprint density at radius 1 is 1.07 bits per heavy atom. The topological polar surface area (TPSA) is 179 Å². The van der Waals surface area contributed by atoms with Crippen molar-refractivity contribution in [3.8, 4) is 17.0 Å². The molecule has 3 N–H and O–H groups in total. The fraction of sp³-hybridized carbons (Fsp3) is 0.500. The Balaban J connectivity index is 0.836. The largest absolute Gasteiger partial charge is 0.494 e. The van der Waals surface area contributed by atoms with E-state index in [1.54, 1.807) is 23.9 Å². The summed E-state index contributed by atoms with van der Waals surface area (Å²) in [5, 5.41) is 21.2. The smallest absolute Gasteiger partial charge is 0.330 e. The molecule has 2 fully saturated rings. The van der Waals surface area contributed by atoms with E-state index in [1.807, 2.05) is 6.07 Å². The summed E-state index contributed by atoms with van der Waals surface area (Å²) >= 11 is 0. The number of amides is 1. The van der Waals surface area contributed by atoms with Gasteiger partial charge in [0.1, 0.15) is 29.6 Å². The van der Waals surface area contributed by atoms with Crippen molar-refractivity contribution >= 4 is 16.9 Å². The zero-order valence-corrected chi connectivity index (χ0v) is 32.8. The van der Waals surface area contributed by atoms with Crippen LogP contribution in [0.25, 0.3) is 22.3 Å². The van der Waals surface area contributed by atoms with E-state index in [-0.39, 0.29) is 41.6 Å². The molecule has 1 saturated heterocycles. The summed E-state index contributed by atoms with van der Waals surface area (Å²) in [5.74, 6) is 0.485. The number of benzene rings is 2. The first-order valence-electron chi connectivity index (χ1n) is 19.9. The molecule has 3 aromatic heterocycles. The molecule has 3 aliphatic rings. The second kappa shape index (κ2) is 15.2. The number of nitrogens with zero attached hydrogens (tertiary/aromatic N) is 6. The Morgan fingerprint density at radius 3 is 2.74 bits per heavy atom. The van der Waals surface area contributed by atoms with Crippen LogP contribution in [0.15, 0.2) is 58.4 Å². The van der Waals surface area contributed by atoms with Crippen LogP contribution >= 0.6 is 0 Å². The second-order valence-corrected chi connectivity index (χ2v) is 16.7. The summed E-state index contributed by atoms with van der Waals surface area (Å²) in [4.78, 5) is 49.3. The number of ether oxygens (including phenoxy) is 2. The molecular weight excluding hydrogens is 732 g/mol. The van der Waals surface area contributed by atoms with Gasteiger partial charge in [0.2, 0.25) is 5.91 Å². The van der Waals surface area contributed by atoms with E-state index in [9.17, 15) is 23.9 Å². The summed E-state index contributed by atoms with van der Waals surface area (Å²) in [6, 6.07) is 10.5. The van der Waals surface area contributed by atoms with Gasteiger partial charge in [0, 0.05) is 47.6 Å². The quantitative estimate of drug-likeness (QED) is 0.136. The number of hydrogen-bond donors (Lipinski definition) is 3. The zero-order valence-electron chi connectivity index (χ0n) is 32.8. The Kier molecular flexibility index (Phi) is 10.3. The highest BCUT2D eigenvalue weighted by molar-refractivity contribution is 5.82. The highest BCUT2D eigenvalue weighted by Crippen LogP contribution is 2.62. The maximum absolute atomic E-state index is 14.3. The molecular formula is C42H49FN8O6. The number of aromatic amines is 1. The second-order valence-electron chi connectivity index (χ2n) is 16.7. The Hall–Kier alpha value is -5.28. The van der Waals surface area contributed by atoms with Gasteiger partial charge in [-0.1, -0.05) is 38.5 Å². The first-order valence-corrected chi connectivity index (χ1v) is 19.9. The van der Waals surface area contributed by atoms with Crippen molar-refractivity contribution in [3.63, 3.8) is 0 Å². The molecule has 2 aromatic carbocycles. The molecule has 14 nitrogen and oxygen atoms in total. The lowest BCUT2D eigenvalue weighted by Gasteiger charge is -2.53. The van der Waals surface area contributed by atoms with Crippen LogP contribution in [0, 0.1) is 18.2 Å². The Morgan fingerprint density at radius 2 is 1.91 bits per heavy atom. The summed E-state index contributed by atoms with van der Waals surface area (Å²) in [6.45, 7) is 9.00. The van der Waals surface area contributed by atoms with E-state index < -0.39 is 29.6 Å². The van der Waals surface area contributed by atoms with Crippen LogP contribution in [0.2, 0.25) is 0 Å². The van der Waals surface area contributed by atoms with Crippen molar-refractivity contribution in [2.75, 3.05) is 13.2 Å². The molecule has 1 aliphatic heterocycles. The number of aromatic nitrogens is 7. The molecule has 4 heterocycles. The zero-order chi connectivity index (χ0) is 40.1. The first-order chi connectivity index (χ1) is 27.3. The molecule has 0 unspecified atom stereocenters. The standard InChI is InChI=1S/C42H49FN8O6/c1-24-21-50(40(55)47-39(24)54)35-19-32(33(23-52)57-35)51-22-26(48-49-51)20-44-34(53)9-6-5-7-16-56-27-11-12-29-28(18-27)36-37(38-41(2,3)14-8-15-42(29,38)4)45-30-13-10-25(43)17-31(30)46-36/h10-13,17-18,21-22,32-33,35,38,52H,5-9,14-16,19-20,23H2,1-4H3,(H,44,53)(H,47,54,55)/t32-,33+,35+,38+,42+/m0/s1. The number of H-pyrrole nitrogens is 1. The van der Waals surface area contributed by atoms with Gasteiger partial charge in [0.25, 0.3) is 5.56 Å². The van der Waals surface area contributed by atoms with Crippen molar-refractivity contribution in [3.05, 3.63) is 98.0 Å². The number of carbonyl (C=O) groups is 1. The molecule has 57 heavy (non-hydrogen) atoms. The SMILES string of the molecule is Cc1cn([C@H]2C[C@H](n3cc(CNC(=O)CCCCCOc4ccc5c(c4)-c4nc6cc(F)ccc6nc4[C@@H]4C(C)(C)CCC[C@]54C)nn3)[C@@H](CO)O2)c(=O)[nH]c1=O. The molecule has 0 bridgehead atoms. The third kappa shape index (κ3) is 7.38. The van der Waals surface area contributed by atoms with Crippen LogP contribution in [-0.4, -0.2) is 64.8 Å². The van der Waals surface area contributed by atoms with E-state index in [4.69, 9.17) is 19.4 Å². The minimum atomic E-state index is -0.701. The monoisotopic (exact) mass is 780 g/mol. The van der Waals surface area contributed by atoms with Gasteiger partial charge < -0.3 is 19.9 Å². The van der Waals surface area contributed by atoms with Gasteiger partial charge in [-0.05, 0) is 74.3 Å². The summed E-state index contributed by atoms with van der Waals surface area (Å²) < 4.78 is 29.3. The molecule has 8 rings (SSSR count). The molecule has 5 aromatic rings. The predicted molar refractivity (Wildman–Crippen MR) is 209 cm³/mol. The van der Waals surface area contributed by atoms with Gasteiger partial charge >= 0.3 is 5.69 Å². The maximum atomic E-state index is 14.3. The number of unbranched alkanes of at least 4 members (excludes halogenated alkanes) is 2. The highest BCUT2D eigenvalue weighted by Gasteiger charge is 2.53. The van der Waals surface area contributed by atoms with Crippen LogP contribution in [0.3, 0.4) is 0 Å². The van der Waals surface area contributed by atoms with Gasteiger partial charge in [-0.3, -0.25) is 19.1 Å². The Labute approximate surface area is 328 Å². The van der Waals surface area contributed by atoms with Crippen LogP contribution < -0.4 is 21.3 Å². The van der Waals surface area contributed by atoms with Crippen LogP contribution in [-0.2, 0) is 21.5 Å².